The first-order valence-corrected chi connectivity index (χ1v) is 14.2. The van der Waals surface area contributed by atoms with Crippen LogP contribution < -0.4 is 4.90 Å². The van der Waals surface area contributed by atoms with Gasteiger partial charge in [-0.2, -0.15) is 0 Å². The minimum absolute atomic E-state index is 0.00000489. The lowest BCUT2D eigenvalue weighted by Crippen LogP contribution is -2.30. The Labute approximate surface area is 210 Å². The lowest BCUT2D eigenvalue weighted by molar-refractivity contribution is 0.604. The molecule has 0 fully saturated rings. The molecule has 0 radical (unpaired) electrons. The second-order valence-electron chi connectivity index (χ2n) is 10.9. The molecule has 0 aromatic heterocycles. The van der Waals surface area contributed by atoms with E-state index in [1.807, 2.05) is 6.20 Å². The van der Waals surface area contributed by atoms with Gasteiger partial charge in [-0.05, 0) is 60.1 Å². The highest BCUT2D eigenvalue weighted by Crippen LogP contribution is 2.49. The topological polar surface area (TPSA) is 3.24 Å². The van der Waals surface area contributed by atoms with Gasteiger partial charge in [-0.25, -0.2) is 0 Å². The molecule has 1 aliphatic rings. The van der Waals surface area contributed by atoms with E-state index in [1.165, 1.54) is 124 Å². The zero-order chi connectivity index (χ0) is 24.4. The van der Waals surface area contributed by atoms with Crippen molar-refractivity contribution in [2.75, 3.05) is 4.90 Å². The SMILES string of the molecule is C=CN1c2cc(CCCCCCCC)ccc2C(C)(C)c2cc(CCCCCCCC)ccc21. The maximum Gasteiger partial charge on any atom is 0.0498 e. The largest absolute Gasteiger partial charge is 0.317 e. The van der Waals surface area contributed by atoms with Crippen LogP contribution in [0.3, 0.4) is 0 Å². The van der Waals surface area contributed by atoms with Gasteiger partial charge in [0.05, 0.1) is 0 Å². The van der Waals surface area contributed by atoms with Gasteiger partial charge in [0.2, 0.25) is 0 Å². The summed E-state index contributed by atoms with van der Waals surface area (Å²) in [5, 5.41) is 0. The molecule has 1 heteroatoms. The molecular formula is C33H49N. The van der Waals surface area contributed by atoms with E-state index >= 15 is 0 Å². The summed E-state index contributed by atoms with van der Waals surface area (Å²) in [6.07, 6.45) is 20.6. The molecule has 0 saturated carbocycles. The molecule has 1 heterocycles. The minimum atomic E-state index is -0.00000489. The number of hydrogen-bond acceptors (Lipinski definition) is 1. The molecule has 0 atom stereocenters. The van der Waals surface area contributed by atoms with Crippen molar-refractivity contribution in [3.8, 4) is 0 Å². The summed E-state index contributed by atoms with van der Waals surface area (Å²) < 4.78 is 0. The molecule has 0 N–H and O–H groups in total. The van der Waals surface area contributed by atoms with Crippen molar-refractivity contribution in [1.29, 1.82) is 0 Å². The summed E-state index contributed by atoms with van der Waals surface area (Å²) in [5.41, 5.74) is 8.42. The average molecular weight is 460 g/mol. The number of benzene rings is 2. The molecule has 0 saturated heterocycles. The third kappa shape index (κ3) is 6.55. The summed E-state index contributed by atoms with van der Waals surface area (Å²) >= 11 is 0. The number of rotatable bonds is 15. The van der Waals surface area contributed by atoms with Crippen molar-refractivity contribution in [3.63, 3.8) is 0 Å². The molecule has 2 aromatic rings. The molecule has 186 valence electrons. The molecule has 0 unspecified atom stereocenters. The highest BCUT2D eigenvalue weighted by molar-refractivity contribution is 5.80. The number of nitrogens with zero attached hydrogens (tertiary/aromatic N) is 1. The maximum atomic E-state index is 4.20. The summed E-state index contributed by atoms with van der Waals surface area (Å²) in [4.78, 5) is 2.33. The lowest BCUT2D eigenvalue weighted by Gasteiger charge is -2.41. The Morgan fingerprint density at radius 1 is 0.647 bits per heavy atom. The lowest BCUT2D eigenvalue weighted by atomic mass is 9.72. The highest BCUT2D eigenvalue weighted by atomic mass is 15.1. The molecule has 2 aromatic carbocycles. The monoisotopic (exact) mass is 459 g/mol. The molecule has 1 aliphatic heterocycles. The number of unbranched alkanes of at least 4 members (excludes halogenated alkanes) is 10. The fraction of sp³-hybridized carbons (Fsp3) is 0.576. The Bertz CT molecular complexity index is 907. The van der Waals surface area contributed by atoms with Gasteiger partial charge in [0.25, 0.3) is 0 Å². The Balaban J connectivity index is 1.72. The van der Waals surface area contributed by atoms with Crippen LogP contribution in [0.25, 0.3) is 0 Å². The van der Waals surface area contributed by atoms with E-state index in [2.05, 4.69) is 75.6 Å². The van der Waals surface area contributed by atoms with Gasteiger partial charge in [0.15, 0.2) is 0 Å². The summed E-state index contributed by atoms with van der Waals surface area (Å²) in [7, 11) is 0. The van der Waals surface area contributed by atoms with Gasteiger partial charge >= 0.3 is 0 Å². The van der Waals surface area contributed by atoms with Crippen LogP contribution in [-0.2, 0) is 18.3 Å². The van der Waals surface area contributed by atoms with E-state index in [0.717, 1.165) is 0 Å². The van der Waals surface area contributed by atoms with Gasteiger partial charge < -0.3 is 4.90 Å². The molecule has 1 nitrogen and oxygen atoms in total. The summed E-state index contributed by atoms with van der Waals surface area (Å²) in [6, 6.07) is 14.4. The Hall–Kier alpha value is -2.02. The van der Waals surface area contributed by atoms with Crippen molar-refractivity contribution in [2.24, 2.45) is 0 Å². The standard InChI is InChI=1S/C33H49N/c1-6-9-11-13-15-17-19-27-22-24-31-30(25-27)33(4,5)29-23-21-28(26-32(29)34(31)8-3)20-18-16-14-12-10-7-2/h8,21-26H,3,6-7,9-20H2,1-2,4-5H3. The normalized spacial score (nSPS) is 14.1. The van der Waals surface area contributed by atoms with E-state index in [0.29, 0.717) is 0 Å². The predicted molar refractivity (Wildman–Crippen MR) is 152 cm³/mol. The minimum Gasteiger partial charge on any atom is -0.317 e. The predicted octanol–water partition coefficient (Wildman–Crippen LogP) is 10.4. The first-order chi connectivity index (χ1) is 16.5. The van der Waals surface area contributed by atoms with Gasteiger partial charge in [-0.1, -0.05) is 123 Å². The number of anilines is 2. The van der Waals surface area contributed by atoms with E-state index in [1.54, 1.807) is 0 Å². The number of aryl methyl sites for hydroxylation is 2. The van der Waals surface area contributed by atoms with Crippen molar-refractivity contribution >= 4 is 11.4 Å². The van der Waals surface area contributed by atoms with Gasteiger partial charge in [0, 0.05) is 23.0 Å². The van der Waals surface area contributed by atoms with Gasteiger partial charge in [-0.15, -0.1) is 0 Å². The maximum absolute atomic E-state index is 4.20. The molecule has 34 heavy (non-hydrogen) atoms. The summed E-state index contributed by atoms with van der Waals surface area (Å²) in [6.45, 7) is 13.6. The fourth-order valence-corrected chi connectivity index (χ4v) is 5.60. The van der Waals surface area contributed by atoms with Crippen LogP contribution in [0.5, 0.6) is 0 Å². The van der Waals surface area contributed by atoms with E-state index < -0.39 is 0 Å². The quantitative estimate of drug-likeness (QED) is 0.239. The van der Waals surface area contributed by atoms with Crippen LogP contribution in [0, 0.1) is 0 Å². The van der Waals surface area contributed by atoms with Crippen molar-refractivity contribution in [3.05, 3.63) is 71.4 Å². The van der Waals surface area contributed by atoms with E-state index in [-0.39, 0.29) is 5.41 Å². The molecule has 0 bridgehead atoms. The third-order valence-corrected chi connectivity index (χ3v) is 7.81. The van der Waals surface area contributed by atoms with Crippen LogP contribution in [0.15, 0.2) is 49.2 Å². The number of fused-ring (bicyclic) bond motifs is 2. The van der Waals surface area contributed by atoms with Gasteiger partial charge in [0.1, 0.15) is 0 Å². The Morgan fingerprint density at radius 2 is 1.18 bits per heavy atom. The first kappa shape index (κ1) is 26.6. The fourth-order valence-electron chi connectivity index (χ4n) is 5.60. The second-order valence-corrected chi connectivity index (χ2v) is 10.9. The Kier molecular flexibility index (Phi) is 10.3. The number of hydrogen-bond donors (Lipinski definition) is 0. The van der Waals surface area contributed by atoms with Crippen LogP contribution in [0.4, 0.5) is 11.4 Å². The molecule has 0 amide bonds. The van der Waals surface area contributed by atoms with Crippen molar-refractivity contribution < 1.29 is 0 Å². The van der Waals surface area contributed by atoms with Crippen molar-refractivity contribution in [2.45, 2.75) is 123 Å². The average Bonchev–Trinajstić information content (AvgIpc) is 2.84. The molecule has 0 aliphatic carbocycles. The third-order valence-electron chi connectivity index (χ3n) is 7.81. The molecule has 3 rings (SSSR count). The second kappa shape index (κ2) is 13.2. The van der Waals surface area contributed by atoms with Crippen molar-refractivity contribution in [1.82, 2.24) is 0 Å². The Morgan fingerprint density at radius 3 is 1.76 bits per heavy atom. The van der Waals surface area contributed by atoms with Crippen LogP contribution >= 0.6 is 0 Å². The van der Waals surface area contributed by atoms with Crippen LogP contribution in [0.1, 0.15) is 127 Å². The smallest absolute Gasteiger partial charge is 0.0498 e. The molecular weight excluding hydrogens is 410 g/mol. The highest BCUT2D eigenvalue weighted by Gasteiger charge is 2.35. The van der Waals surface area contributed by atoms with E-state index in [4.69, 9.17) is 0 Å². The van der Waals surface area contributed by atoms with E-state index in [9.17, 15) is 0 Å². The molecule has 0 spiro atoms. The zero-order valence-corrected chi connectivity index (χ0v) is 22.6. The van der Waals surface area contributed by atoms with Crippen LogP contribution in [-0.4, -0.2) is 0 Å². The summed E-state index contributed by atoms with van der Waals surface area (Å²) in [5.74, 6) is 0. The first-order valence-electron chi connectivity index (χ1n) is 14.2. The van der Waals surface area contributed by atoms with Crippen LogP contribution in [0.2, 0.25) is 0 Å². The zero-order valence-electron chi connectivity index (χ0n) is 22.6. The van der Waals surface area contributed by atoms with Gasteiger partial charge in [-0.3, -0.25) is 0 Å².